The second-order valence-electron chi connectivity index (χ2n) is 5.00. The number of nitrogens with one attached hydrogen (secondary N) is 1. The third-order valence-electron chi connectivity index (χ3n) is 3.63. The van der Waals surface area contributed by atoms with E-state index in [4.69, 9.17) is 0 Å². The molecule has 0 spiro atoms. The van der Waals surface area contributed by atoms with Gasteiger partial charge < -0.3 is 10.1 Å². The van der Waals surface area contributed by atoms with E-state index < -0.39 is 0 Å². The molecule has 106 valence electrons. The van der Waals surface area contributed by atoms with Gasteiger partial charge in [-0.25, -0.2) is 0 Å². The summed E-state index contributed by atoms with van der Waals surface area (Å²) in [5.41, 5.74) is 4.42. The zero-order valence-corrected chi connectivity index (χ0v) is 12.1. The van der Waals surface area contributed by atoms with Gasteiger partial charge in [0, 0.05) is 5.39 Å². The molecule has 0 saturated heterocycles. The highest BCUT2D eigenvalue weighted by Gasteiger charge is 2.12. The number of aryl methyl sites for hydroxylation is 2. The van der Waals surface area contributed by atoms with E-state index in [0.29, 0.717) is 5.69 Å². The second-order valence-corrected chi connectivity index (χ2v) is 5.00. The number of nitrogens with zero attached hydrogens (tertiary/aromatic N) is 2. The summed E-state index contributed by atoms with van der Waals surface area (Å²) in [5.74, 6) is 0.0586. The predicted octanol–water partition coefficient (Wildman–Crippen LogP) is 5.16. The molecule has 3 aromatic rings. The van der Waals surface area contributed by atoms with Crippen LogP contribution in [0.3, 0.4) is 0 Å². The van der Waals surface area contributed by atoms with Crippen molar-refractivity contribution in [3.05, 3.63) is 53.6 Å². The summed E-state index contributed by atoms with van der Waals surface area (Å²) in [5, 5.41) is 19.5. The number of aromatic hydroxyl groups is 1. The van der Waals surface area contributed by atoms with Gasteiger partial charge in [-0.3, -0.25) is 0 Å². The fraction of sp³-hybridized carbons (Fsp3) is 0.176. The topological polar surface area (TPSA) is 60.7 Å². The molecule has 0 amide bonds. The number of para-hydroxylation sites is 1. The Kier molecular flexibility index (Phi) is 3.44. The first kappa shape index (κ1) is 13.4. The highest BCUT2D eigenvalue weighted by atomic mass is 16.3. The number of hydrogen-bond acceptors (Lipinski definition) is 3. The number of H-pyrrole nitrogens is 1. The Hall–Kier alpha value is -2.62. The van der Waals surface area contributed by atoms with Crippen LogP contribution >= 0.6 is 0 Å². The molecule has 0 radical (unpaired) electrons. The summed E-state index contributed by atoms with van der Waals surface area (Å²) >= 11 is 0. The zero-order chi connectivity index (χ0) is 14.8. The summed E-state index contributed by atoms with van der Waals surface area (Å²) in [6, 6.07) is 13.7. The molecule has 1 heterocycles. The maximum Gasteiger partial charge on any atom is 0.218 e. The summed E-state index contributed by atoms with van der Waals surface area (Å²) in [7, 11) is 0. The highest BCUT2D eigenvalue weighted by Crippen LogP contribution is 2.37. The van der Waals surface area contributed by atoms with Gasteiger partial charge in [0.05, 0.1) is 11.2 Å². The Balaban J connectivity index is 2.09. The van der Waals surface area contributed by atoms with Crippen molar-refractivity contribution in [2.24, 2.45) is 10.2 Å². The lowest BCUT2D eigenvalue weighted by Gasteiger charge is -1.98. The summed E-state index contributed by atoms with van der Waals surface area (Å²) in [6.07, 6.45) is 0.895. The van der Waals surface area contributed by atoms with Gasteiger partial charge in [-0.2, -0.15) is 5.11 Å². The Morgan fingerprint density at radius 2 is 1.86 bits per heavy atom. The van der Waals surface area contributed by atoms with Crippen LogP contribution in [0.2, 0.25) is 0 Å². The Labute approximate surface area is 123 Å². The SMILES string of the molecule is CCc1cccc2c(N=Nc3ccccc3C)c(O)[nH]c12. The molecule has 2 aromatic carbocycles. The Morgan fingerprint density at radius 1 is 1.05 bits per heavy atom. The van der Waals surface area contributed by atoms with E-state index in [9.17, 15) is 5.11 Å². The van der Waals surface area contributed by atoms with Gasteiger partial charge in [0.2, 0.25) is 5.88 Å². The van der Waals surface area contributed by atoms with Gasteiger partial charge in [0.25, 0.3) is 0 Å². The number of azo groups is 1. The van der Waals surface area contributed by atoms with Crippen molar-refractivity contribution in [1.82, 2.24) is 4.98 Å². The van der Waals surface area contributed by atoms with E-state index in [0.717, 1.165) is 34.1 Å². The smallest absolute Gasteiger partial charge is 0.218 e. The summed E-state index contributed by atoms with van der Waals surface area (Å²) < 4.78 is 0. The van der Waals surface area contributed by atoms with E-state index in [1.807, 2.05) is 49.4 Å². The lowest BCUT2D eigenvalue weighted by atomic mass is 10.1. The molecule has 0 fully saturated rings. The third-order valence-corrected chi connectivity index (χ3v) is 3.63. The molecule has 0 aliphatic heterocycles. The number of aromatic nitrogens is 1. The van der Waals surface area contributed by atoms with Crippen molar-refractivity contribution in [3.63, 3.8) is 0 Å². The van der Waals surface area contributed by atoms with Gasteiger partial charge in [0.15, 0.2) is 5.69 Å². The third kappa shape index (κ3) is 2.40. The van der Waals surface area contributed by atoms with Crippen molar-refractivity contribution >= 4 is 22.3 Å². The molecule has 0 bridgehead atoms. The maximum atomic E-state index is 10.1. The molecule has 0 atom stereocenters. The van der Waals surface area contributed by atoms with Gasteiger partial charge in [-0.05, 0) is 30.5 Å². The number of aromatic amines is 1. The number of rotatable bonds is 3. The van der Waals surface area contributed by atoms with Crippen molar-refractivity contribution in [3.8, 4) is 5.88 Å². The van der Waals surface area contributed by atoms with Crippen LogP contribution in [0.1, 0.15) is 18.1 Å². The summed E-state index contributed by atoms with van der Waals surface area (Å²) in [4.78, 5) is 3.00. The first-order valence-corrected chi connectivity index (χ1v) is 7.00. The molecular formula is C17H17N3O. The quantitative estimate of drug-likeness (QED) is 0.639. The average molecular weight is 279 g/mol. The maximum absolute atomic E-state index is 10.1. The molecule has 2 N–H and O–H groups in total. The van der Waals surface area contributed by atoms with Crippen LogP contribution in [0.25, 0.3) is 10.9 Å². The minimum absolute atomic E-state index is 0.0586. The largest absolute Gasteiger partial charge is 0.493 e. The van der Waals surface area contributed by atoms with Crippen molar-refractivity contribution in [2.45, 2.75) is 20.3 Å². The van der Waals surface area contributed by atoms with Crippen LogP contribution in [0.15, 0.2) is 52.7 Å². The minimum Gasteiger partial charge on any atom is -0.493 e. The van der Waals surface area contributed by atoms with Crippen LogP contribution in [0, 0.1) is 6.92 Å². The molecule has 1 aromatic heterocycles. The monoisotopic (exact) mass is 279 g/mol. The Morgan fingerprint density at radius 3 is 2.62 bits per heavy atom. The molecule has 4 nitrogen and oxygen atoms in total. The van der Waals surface area contributed by atoms with Crippen LogP contribution in [0.5, 0.6) is 5.88 Å². The standard InChI is InChI=1S/C17H17N3O/c1-3-12-8-6-9-13-15(12)18-17(21)16(13)20-19-14-10-5-4-7-11(14)2/h4-10,18,21H,3H2,1-2H3. The number of benzene rings is 2. The predicted molar refractivity (Wildman–Crippen MR) is 84.7 cm³/mol. The van der Waals surface area contributed by atoms with Crippen LogP contribution < -0.4 is 0 Å². The minimum atomic E-state index is 0.0586. The van der Waals surface area contributed by atoms with Crippen LogP contribution in [-0.4, -0.2) is 10.1 Å². The van der Waals surface area contributed by atoms with E-state index in [-0.39, 0.29) is 5.88 Å². The Bertz CT molecular complexity index is 818. The van der Waals surface area contributed by atoms with Crippen molar-refractivity contribution in [2.75, 3.05) is 0 Å². The number of fused-ring (bicyclic) bond motifs is 1. The van der Waals surface area contributed by atoms with Gasteiger partial charge in [-0.1, -0.05) is 43.3 Å². The fourth-order valence-corrected chi connectivity index (χ4v) is 2.43. The lowest BCUT2D eigenvalue weighted by molar-refractivity contribution is 0.459. The average Bonchev–Trinajstić information content (AvgIpc) is 2.82. The highest BCUT2D eigenvalue weighted by molar-refractivity contribution is 5.96. The first-order valence-electron chi connectivity index (χ1n) is 7.00. The molecule has 0 aliphatic carbocycles. The molecule has 0 saturated carbocycles. The molecule has 4 heteroatoms. The van der Waals surface area contributed by atoms with Gasteiger partial charge >= 0.3 is 0 Å². The summed E-state index contributed by atoms with van der Waals surface area (Å²) in [6.45, 7) is 4.07. The molecule has 0 unspecified atom stereocenters. The normalized spacial score (nSPS) is 11.5. The molecule has 21 heavy (non-hydrogen) atoms. The van der Waals surface area contributed by atoms with E-state index in [1.54, 1.807) is 0 Å². The van der Waals surface area contributed by atoms with E-state index >= 15 is 0 Å². The number of hydrogen-bond donors (Lipinski definition) is 2. The molecule has 0 aliphatic rings. The van der Waals surface area contributed by atoms with Gasteiger partial charge in [0.1, 0.15) is 0 Å². The lowest BCUT2D eigenvalue weighted by Crippen LogP contribution is -1.80. The van der Waals surface area contributed by atoms with Gasteiger partial charge in [-0.15, -0.1) is 5.11 Å². The zero-order valence-electron chi connectivity index (χ0n) is 12.1. The van der Waals surface area contributed by atoms with Crippen molar-refractivity contribution in [1.29, 1.82) is 0 Å². The molecular weight excluding hydrogens is 262 g/mol. The van der Waals surface area contributed by atoms with Crippen LogP contribution in [-0.2, 0) is 6.42 Å². The van der Waals surface area contributed by atoms with Crippen molar-refractivity contribution < 1.29 is 5.11 Å². The second kappa shape index (κ2) is 5.40. The fourth-order valence-electron chi connectivity index (χ4n) is 2.43. The van der Waals surface area contributed by atoms with E-state index in [2.05, 4.69) is 22.1 Å². The molecule has 3 rings (SSSR count). The first-order chi connectivity index (χ1) is 10.2. The van der Waals surface area contributed by atoms with E-state index in [1.165, 1.54) is 0 Å². The van der Waals surface area contributed by atoms with Crippen LogP contribution in [0.4, 0.5) is 11.4 Å².